The molecule has 1 aliphatic rings. The van der Waals surface area contributed by atoms with Gasteiger partial charge in [-0.15, -0.1) is 0 Å². The van der Waals surface area contributed by atoms with E-state index in [2.05, 4.69) is 24.5 Å². The smallest absolute Gasteiger partial charge is 0.336 e. The molecule has 1 aliphatic carbocycles. The van der Waals surface area contributed by atoms with Gasteiger partial charge in [0.25, 0.3) is 0 Å². The van der Waals surface area contributed by atoms with Crippen LogP contribution in [0.25, 0.3) is 11.0 Å². The number of rotatable bonds is 2. The lowest BCUT2D eigenvalue weighted by Crippen LogP contribution is -2.46. The first-order valence-corrected chi connectivity index (χ1v) is 8.58. The van der Waals surface area contributed by atoms with Gasteiger partial charge in [0.15, 0.2) is 0 Å². The molecule has 1 fully saturated rings. The molecule has 1 saturated carbocycles. The van der Waals surface area contributed by atoms with Crippen molar-refractivity contribution in [2.45, 2.75) is 39.2 Å². The zero-order valence-corrected chi connectivity index (χ0v) is 14.4. The average Bonchev–Trinajstić information content (AvgIpc) is 2.57. The third kappa shape index (κ3) is 4.07. The molecule has 0 bridgehead atoms. The van der Waals surface area contributed by atoms with Crippen LogP contribution >= 0.6 is 0 Å². The minimum Gasteiger partial charge on any atom is -0.423 e. The van der Waals surface area contributed by atoms with Gasteiger partial charge < -0.3 is 15.1 Å². The molecule has 6 nitrogen and oxygen atoms in total. The predicted octanol–water partition coefficient (Wildman–Crippen LogP) is 2.67. The van der Waals surface area contributed by atoms with Crippen LogP contribution in [0.15, 0.2) is 39.5 Å². The van der Waals surface area contributed by atoms with Crippen LogP contribution in [-0.2, 0) is 9.59 Å². The summed E-state index contributed by atoms with van der Waals surface area (Å²) in [6.07, 6.45) is 3.02. The zero-order valence-electron chi connectivity index (χ0n) is 14.4. The predicted molar refractivity (Wildman–Crippen MR) is 95.2 cm³/mol. The summed E-state index contributed by atoms with van der Waals surface area (Å²) in [5.74, 6) is -0.285. The van der Waals surface area contributed by atoms with Gasteiger partial charge in [0.2, 0.25) is 0 Å². The molecule has 25 heavy (non-hydrogen) atoms. The summed E-state index contributed by atoms with van der Waals surface area (Å²) >= 11 is 0. The number of hydrogen-bond acceptors (Lipinski definition) is 4. The Morgan fingerprint density at radius 3 is 2.64 bits per heavy atom. The Kier molecular flexibility index (Phi) is 4.88. The number of carbonyl (C=O) groups is 2. The molecule has 0 radical (unpaired) electrons. The highest BCUT2D eigenvalue weighted by molar-refractivity contribution is 6.39. The fraction of sp³-hybridized carbons (Fsp3) is 0.421. The lowest BCUT2D eigenvalue weighted by molar-refractivity contribution is -0.137. The molecule has 2 N–H and O–H groups in total. The second-order valence-corrected chi connectivity index (χ2v) is 6.94. The van der Waals surface area contributed by atoms with Crippen molar-refractivity contribution in [2.75, 3.05) is 5.32 Å². The van der Waals surface area contributed by atoms with Gasteiger partial charge in [-0.25, -0.2) is 4.79 Å². The Morgan fingerprint density at radius 1 is 1.08 bits per heavy atom. The number of anilines is 1. The lowest BCUT2D eigenvalue weighted by Gasteiger charge is -2.32. The Morgan fingerprint density at radius 2 is 1.88 bits per heavy atom. The first-order chi connectivity index (χ1) is 11.9. The van der Waals surface area contributed by atoms with Gasteiger partial charge in [0.05, 0.1) is 0 Å². The number of amides is 2. The van der Waals surface area contributed by atoms with Gasteiger partial charge in [0.1, 0.15) is 5.58 Å². The summed E-state index contributed by atoms with van der Waals surface area (Å²) in [5.41, 5.74) is 0.478. The molecule has 6 heteroatoms. The van der Waals surface area contributed by atoms with E-state index in [1.165, 1.54) is 6.07 Å². The van der Waals surface area contributed by atoms with Crippen molar-refractivity contribution in [2.24, 2.45) is 11.8 Å². The second-order valence-electron chi connectivity index (χ2n) is 6.94. The van der Waals surface area contributed by atoms with Gasteiger partial charge in [0, 0.05) is 23.2 Å². The lowest BCUT2D eigenvalue weighted by atomic mass is 9.80. The maximum absolute atomic E-state index is 12.2. The minimum absolute atomic E-state index is 0.0420. The van der Waals surface area contributed by atoms with Crippen LogP contribution in [0.4, 0.5) is 5.69 Å². The molecule has 0 aliphatic heterocycles. The summed E-state index contributed by atoms with van der Waals surface area (Å²) in [4.78, 5) is 35.5. The molecule has 1 aromatic heterocycles. The van der Waals surface area contributed by atoms with E-state index >= 15 is 0 Å². The highest BCUT2D eigenvalue weighted by Gasteiger charge is 2.28. The first kappa shape index (κ1) is 17.2. The molecule has 3 atom stereocenters. The van der Waals surface area contributed by atoms with Crippen LogP contribution in [0.1, 0.15) is 33.1 Å². The Hall–Kier alpha value is -2.63. The Bertz CT molecular complexity index is 858. The largest absolute Gasteiger partial charge is 0.423 e. The van der Waals surface area contributed by atoms with Crippen molar-refractivity contribution in [1.29, 1.82) is 0 Å². The molecule has 132 valence electrons. The summed E-state index contributed by atoms with van der Waals surface area (Å²) in [5, 5.41) is 6.11. The highest BCUT2D eigenvalue weighted by atomic mass is 16.4. The van der Waals surface area contributed by atoms with Gasteiger partial charge in [-0.2, -0.15) is 0 Å². The van der Waals surface area contributed by atoms with Crippen LogP contribution in [0.3, 0.4) is 0 Å². The highest BCUT2D eigenvalue weighted by Crippen LogP contribution is 2.28. The molecule has 3 rings (SSSR count). The maximum atomic E-state index is 12.2. The fourth-order valence-corrected chi connectivity index (χ4v) is 3.45. The number of carbonyl (C=O) groups excluding carboxylic acids is 2. The van der Waals surface area contributed by atoms with E-state index < -0.39 is 17.4 Å². The first-order valence-electron chi connectivity index (χ1n) is 8.58. The third-order valence-corrected chi connectivity index (χ3v) is 4.83. The minimum atomic E-state index is -0.692. The second kappa shape index (κ2) is 7.09. The number of benzene rings is 1. The molecule has 0 saturated heterocycles. The van der Waals surface area contributed by atoms with Crippen molar-refractivity contribution in [3.05, 3.63) is 40.8 Å². The standard InChI is InChI=1S/C19H22N2O4/c1-11-3-6-15(12(2)9-11)21-19(24)18(23)20-14-5-7-16-13(10-14)4-8-17(22)25-16/h4-5,7-8,10-12,15H,3,6,9H2,1-2H3,(H,20,23)(H,21,24). The quantitative estimate of drug-likeness (QED) is 0.649. The van der Waals surface area contributed by atoms with Crippen LogP contribution < -0.4 is 16.3 Å². The SMILES string of the molecule is CC1CCC(NC(=O)C(=O)Nc2ccc3oc(=O)ccc3c2)C(C)C1. The van der Waals surface area contributed by atoms with Gasteiger partial charge >= 0.3 is 17.4 Å². The normalized spacial score (nSPS) is 23.2. The number of nitrogens with one attached hydrogen (secondary N) is 2. The molecule has 1 heterocycles. The Balaban J connectivity index is 1.64. The monoisotopic (exact) mass is 342 g/mol. The summed E-state index contributed by atoms with van der Waals surface area (Å²) in [6.45, 7) is 4.32. The third-order valence-electron chi connectivity index (χ3n) is 4.83. The molecule has 2 amide bonds. The van der Waals surface area contributed by atoms with Gasteiger partial charge in [-0.3, -0.25) is 9.59 Å². The van der Waals surface area contributed by atoms with E-state index in [1.807, 2.05) is 0 Å². The number of hydrogen-bond donors (Lipinski definition) is 2. The van der Waals surface area contributed by atoms with E-state index in [9.17, 15) is 14.4 Å². The molecular formula is C19H22N2O4. The van der Waals surface area contributed by atoms with Crippen molar-refractivity contribution in [3.63, 3.8) is 0 Å². The fourth-order valence-electron chi connectivity index (χ4n) is 3.45. The van der Waals surface area contributed by atoms with Crippen molar-refractivity contribution >= 4 is 28.5 Å². The maximum Gasteiger partial charge on any atom is 0.336 e. The van der Waals surface area contributed by atoms with Crippen molar-refractivity contribution in [3.8, 4) is 0 Å². The molecule has 1 aromatic carbocycles. The molecule has 0 spiro atoms. The molecule has 2 aromatic rings. The topological polar surface area (TPSA) is 88.4 Å². The van der Waals surface area contributed by atoms with Gasteiger partial charge in [-0.1, -0.05) is 13.8 Å². The van der Waals surface area contributed by atoms with E-state index in [1.54, 1.807) is 24.3 Å². The Labute approximate surface area is 145 Å². The van der Waals surface area contributed by atoms with Crippen molar-refractivity contribution < 1.29 is 14.0 Å². The van der Waals surface area contributed by atoms with Crippen LogP contribution in [0.5, 0.6) is 0 Å². The van der Waals surface area contributed by atoms with E-state index in [4.69, 9.17) is 4.42 Å². The van der Waals surface area contributed by atoms with E-state index in [-0.39, 0.29) is 6.04 Å². The van der Waals surface area contributed by atoms with Crippen molar-refractivity contribution in [1.82, 2.24) is 5.32 Å². The van der Waals surface area contributed by atoms with E-state index in [0.29, 0.717) is 28.5 Å². The summed E-state index contributed by atoms with van der Waals surface area (Å²) in [7, 11) is 0. The van der Waals surface area contributed by atoms with Crippen LogP contribution in [0, 0.1) is 11.8 Å². The van der Waals surface area contributed by atoms with Crippen LogP contribution in [-0.4, -0.2) is 17.9 Å². The average molecular weight is 342 g/mol. The zero-order chi connectivity index (χ0) is 18.0. The molecular weight excluding hydrogens is 320 g/mol. The van der Waals surface area contributed by atoms with E-state index in [0.717, 1.165) is 19.3 Å². The molecule has 3 unspecified atom stereocenters. The number of fused-ring (bicyclic) bond motifs is 1. The van der Waals surface area contributed by atoms with Gasteiger partial charge in [-0.05, 0) is 55.4 Å². The van der Waals surface area contributed by atoms with Crippen LogP contribution in [0.2, 0.25) is 0 Å². The summed E-state index contributed by atoms with van der Waals surface area (Å²) in [6, 6.07) is 7.82. The summed E-state index contributed by atoms with van der Waals surface area (Å²) < 4.78 is 5.04.